The molecule has 1 aliphatic rings. The van der Waals surface area contributed by atoms with Crippen molar-refractivity contribution in [1.82, 2.24) is 4.90 Å². The van der Waals surface area contributed by atoms with Gasteiger partial charge in [0.2, 0.25) is 0 Å². The maximum Gasteiger partial charge on any atom is 0.127 e. The van der Waals surface area contributed by atoms with Crippen molar-refractivity contribution < 1.29 is 13.9 Å². The lowest BCUT2D eigenvalue weighted by Crippen LogP contribution is -2.41. The average molecular weight is 265 g/mol. The SMILES string of the molecule is CN(Cc1cccc(F)c1)CC1(C=O)CCOCC1. The minimum Gasteiger partial charge on any atom is -0.381 e. The Labute approximate surface area is 113 Å². The van der Waals surface area contributed by atoms with Crippen LogP contribution in [0.5, 0.6) is 0 Å². The predicted octanol–water partition coefficient (Wildman–Crippen LogP) is 2.25. The average Bonchev–Trinajstić information content (AvgIpc) is 2.39. The molecule has 1 aromatic rings. The van der Waals surface area contributed by atoms with Gasteiger partial charge in [0.25, 0.3) is 0 Å². The van der Waals surface area contributed by atoms with Gasteiger partial charge in [-0.05, 0) is 37.6 Å². The molecule has 1 aromatic carbocycles. The van der Waals surface area contributed by atoms with Gasteiger partial charge in [0.15, 0.2) is 0 Å². The first-order valence-electron chi connectivity index (χ1n) is 6.61. The van der Waals surface area contributed by atoms with Gasteiger partial charge in [0.1, 0.15) is 12.1 Å². The third-order valence-electron chi connectivity index (χ3n) is 3.66. The van der Waals surface area contributed by atoms with Crippen LogP contribution in [0, 0.1) is 11.2 Å². The van der Waals surface area contributed by atoms with Crippen LogP contribution in [0.2, 0.25) is 0 Å². The van der Waals surface area contributed by atoms with Crippen molar-refractivity contribution in [3.63, 3.8) is 0 Å². The Morgan fingerprint density at radius 3 is 2.79 bits per heavy atom. The standard InChI is InChI=1S/C15H20FNO2/c1-17(10-13-3-2-4-14(16)9-13)11-15(12-18)5-7-19-8-6-15/h2-4,9,12H,5-8,10-11H2,1H3. The van der Waals surface area contributed by atoms with Gasteiger partial charge in [-0.1, -0.05) is 12.1 Å². The van der Waals surface area contributed by atoms with Crippen molar-refractivity contribution in [2.75, 3.05) is 26.8 Å². The molecule has 1 saturated heterocycles. The van der Waals surface area contributed by atoms with Crippen molar-refractivity contribution >= 4 is 6.29 Å². The maximum atomic E-state index is 13.1. The van der Waals surface area contributed by atoms with Crippen molar-refractivity contribution in [2.24, 2.45) is 5.41 Å². The van der Waals surface area contributed by atoms with Gasteiger partial charge < -0.3 is 14.4 Å². The number of ether oxygens (including phenoxy) is 1. The molecule has 2 rings (SSSR count). The lowest BCUT2D eigenvalue weighted by Gasteiger charge is -2.35. The van der Waals surface area contributed by atoms with Crippen LogP contribution >= 0.6 is 0 Å². The second kappa shape index (κ2) is 6.26. The van der Waals surface area contributed by atoms with Crippen LogP contribution in [-0.2, 0) is 16.1 Å². The lowest BCUT2D eigenvalue weighted by atomic mass is 9.81. The molecular formula is C15H20FNO2. The molecule has 1 aliphatic heterocycles. The Bertz CT molecular complexity index is 430. The molecule has 0 spiro atoms. The zero-order valence-electron chi connectivity index (χ0n) is 11.3. The minimum atomic E-state index is -0.305. The van der Waals surface area contributed by atoms with Crippen LogP contribution in [0.3, 0.4) is 0 Å². The van der Waals surface area contributed by atoms with Gasteiger partial charge >= 0.3 is 0 Å². The quantitative estimate of drug-likeness (QED) is 0.765. The predicted molar refractivity (Wildman–Crippen MR) is 71.3 cm³/mol. The van der Waals surface area contributed by atoms with E-state index < -0.39 is 0 Å². The van der Waals surface area contributed by atoms with Gasteiger partial charge in [0, 0.05) is 31.7 Å². The summed E-state index contributed by atoms with van der Waals surface area (Å²) in [4.78, 5) is 13.5. The van der Waals surface area contributed by atoms with Crippen LogP contribution in [0.25, 0.3) is 0 Å². The molecule has 0 bridgehead atoms. The van der Waals surface area contributed by atoms with Crippen LogP contribution in [0.15, 0.2) is 24.3 Å². The molecule has 0 amide bonds. The van der Waals surface area contributed by atoms with Gasteiger partial charge in [-0.2, -0.15) is 0 Å². The monoisotopic (exact) mass is 265 g/mol. The summed E-state index contributed by atoms with van der Waals surface area (Å²) < 4.78 is 18.4. The van der Waals surface area contributed by atoms with E-state index in [1.165, 1.54) is 12.1 Å². The lowest BCUT2D eigenvalue weighted by molar-refractivity contribution is -0.122. The first kappa shape index (κ1) is 14.2. The van der Waals surface area contributed by atoms with E-state index in [1.54, 1.807) is 6.07 Å². The van der Waals surface area contributed by atoms with E-state index in [0.717, 1.165) is 24.7 Å². The van der Waals surface area contributed by atoms with Gasteiger partial charge in [0.05, 0.1) is 0 Å². The molecule has 19 heavy (non-hydrogen) atoms. The molecular weight excluding hydrogens is 245 g/mol. The number of carbonyl (C=O) groups excluding carboxylic acids is 1. The number of hydrogen-bond acceptors (Lipinski definition) is 3. The fourth-order valence-electron chi connectivity index (χ4n) is 2.63. The third kappa shape index (κ3) is 3.85. The minimum absolute atomic E-state index is 0.220. The van der Waals surface area contributed by atoms with E-state index in [-0.39, 0.29) is 11.2 Å². The Balaban J connectivity index is 1.96. The molecule has 0 aliphatic carbocycles. The van der Waals surface area contributed by atoms with Crippen molar-refractivity contribution in [3.8, 4) is 0 Å². The third-order valence-corrected chi connectivity index (χ3v) is 3.66. The highest BCUT2D eigenvalue weighted by Crippen LogP contribution is 2.29. The van der Waals surface area contributed by atoms with E-state index in [4.69, 9.17) is 4.74 Å². The number of benzene rings is 1. The number of nitrogens with zero attached hydrogens (tertiary/aromatic N) is 1. The van der Waals surface area contributed by atoms with E-state index in [0.29, 0.717) is 26.3 Å². The maximum absolute atomic E-state index is 13.1. The van der Waals surface area contributed by atoms with Crippen LogP contribution in [-0.4, -0.2) is 38.0 Å². The Morgan fingerprint density at radius 2 is 2.16 bits per heavy atom. The zero-order valence-corrected chi connectivity index (χ0v) is 11.3. The van der Waals surface area contributed by atoms with Gasteiger partial charge in [-0.3, -0.25) is 0 Å². The summed E-state index contributed by atoms with van der Waals surface area (Å²) in [6.45, 7) is 2.63. The Kier molecular flexibility index (Phi) is 4.66. The van der Waals surface area contributed by atoms with E-state index >= 15 is 0 Å². The Hall–Kier alpha value is -1.26. The molecule has 1 fully saturated rings. The molecule has 0 unspecified atom stereocenters. The highest BCUT2D eigenvalue weighted by atomic mass is 19.1. The summed E-state index contributed by atoms with van der Waals surface area (Å²) in [5.41, 5.74) is 0.621. The molecule has 0 atom stereocenters. The number of hydrogen-bond donors (Lipinski definition) is 0. The van der Waals surface area contributed by atoms with Crippen molar-refractivity contribution in [1.29, 1.82) is 0 Å². The van der Waals surface area contributed by atoms with Crippen LogP contribution in [0.4, 0.5) is 4.39 Å². The number of halogens is 1. The van der Waals surface area contributed by atoms with Gasteiger partial charge in [-0.25, -0.2) is 4.39 Å². The number of carbonyl (C=O) groups is 1. The molecule has 1 heterocycles. The van der Waals surface area contributed by atoms with E-state index in [2.05, 4.69) is 4.90 Å². The first-order chi connectivity index (χ1) is 9.13. The summed E-state index contributed by atoms with van der Waals surface area (Å²) in [5, 5.41) is 0. The summed E-state index contributed by atoms with van der Waals surface area (Å²) in [6.07, 6.45) is 2.60. The van der Waals surface area contributed by atoms with Gasteiger partial charge in [-0.15, -0.1) is 0 Å². The van der Waals surface area contributed by atoms with Crippen molar-refractivity contribution in [3.05, 3.63) is 35.6 Å². The molecule has 0 N–H and O–H groups in total. The second-order valence-corrected chi connectivity index (χ2v) is 5.39. The van der Waals surface area contributed by atoms with Crippen LogP contribution in [0.1, 0.15) is 18.4 Å². The summed E-state index contributed by atoms with van der Waals surface area (Å²) in [5.74, 6) is -0.220. The highest BCUT2D eigenvalue weighted by molar-refractivity contribution is 5.60. The largest absolute Gasteiger partial charge is 0.381 e. The van der Waals surface area contributed by atoms with E-state index in [9.17, 15) is 9.18 Å². The summed E-state index contributed by atoms with van der Waals surface area (Å²) in [7, 11) is 1.96. The molecule has 0 saturated carbocycles. The highest BCUT2D eigenvalue weighted by Gasteiger charge is 2.33. The summed E-state index contributed by atoms with van der Waals surface area (Å²) in [6, 6.07) is 6.59. The van der Waals surface area contributed by atoms with Crippen molar-refractivity contribution in [2.45, 2.75) is 19.4 Å². The fourth-order valence-corrected chi connectivity index (χ4v) is 2.63. The summed E-state index contributed by atoms with van der Waals surface area (Å²) >= 11 is 0. The van der Waals surface area contributed by atoms with Crippen LogP contribution < -0.4 is 0 Å². The molecule has 104 valence electrons. The second-order valence-electron chi connectivity index (χ2n) is 5.39. The molecule has 0 aromatic heterocycles. The number of rotatable bonds is 5. The topological polar surface area (TPSA) is 29.5 Å². The molecule has 4 heteroatoms. The normalized spacial score (nSPS) is 18.5. The smallest absolute Gasteiger partial charge is 0.127 e. The molecule has 0 radical (unpaired) electrons. The Morgan fingerprint density at radius 1 is 1.42 bits per heavy atom. The fraction of sp³-hybridized carbons (Fsp3) is 0.533. The number of aldehydes is 1. The molecule has 3 nitrogen and oxygen atoms in total. The first-order valence-corrected chi connectivity index (χ1v) is 6.61. The van der Waals surface area contributed by atoms with E-state index in [1.807, 2.05) is 13.1 Å². The zero-order chi connectivity index (χ0) is 13.7.